The molecule has 25 heavy (non-hydrogen) atoms. The monoisotopic (exact) mass is 352 g/mol. The van der Waals surface area contributed by atoms with Crippen molar-refractivity contribution in [2.75, 3.05) is 5.73 Å². The van der Waals surface area contributed by atoms with Crippen LogP contribution in [0.2, 0.25) is 0 Å². The molecule has 1 aliphatic rings. The zero-order valence-corrected chi connectivity index (χ0v) is 14.3. The highest BCUT2D eigenvalue weighted by Crippen LogP contribution is 2.39. The number of benzene rings is 1. The number of nitrogens with one attached hydrogen (secondary N) is 1. The predicted octanol–water partition coefficient (Wildman–Crippen LogP) is 4.02. The Hall–Kier alpha value is -2.60. The maximum atomic E-state index is 6.24. The van der Waals surface area contributed by atoms with E-state index < -0.39 is 0 Å². The first-order valence-electron chi connectivity index (χ1n) is 8.42. The van der Waals surface area contributed by atoms with E-state index in [1.54, 1.807) is 6.20 Å². The van der Waals surface area contributed by atoms with Gasteiger partial charge in [-0.1, -0.05) is 6.07 Å². The van der Waals surface area contributed by atoms with Crippen LogP contribution in [0.15, 0.2) is 30.5 Å². The number of H-pyrrole nitrogens is 1. The minimum atomic E-state index is 0.373. The van der Waals surface area contributed by atoms with E-state index in [0.717, 1.165) is 51.9 Å². The lowest BCUT2D eigenvalue weighted by molar-refractivity contribution is 0.315. The fourth-order valence-electron chi connectivity index (χ4n) is 3.64. The minimum absolute atomic E-state index is 0.373. The molecule has 4 aromatic rings. The second-order valence-corrected chi connectivity index (χ2v) is 6.78. The topological polar surface area (TPSA) is 85.4 Å². The summed E-state index contributed by atoms with van der Waals surface area (Å²) < 4.78 is 2.28. The van der Waals surface area contributed by atoms with E-state index in [2.05, 4.69) is 36.9 Å². The number of rotatable bonds is 3. The number of nitrogens with zero attached hydrogens (tertiary/aromatic N) is 4. The Labute approximate surface area is 149 Å². The van der Waals surface area contributed by atoms with Gasteiger partial charge in [-0.2, -0.15) is 5.10 Å². The van der Waals surface area contributed by atoms with Gasteiger partial charge in [0.25, 0.3) is 0 Å². The highest BCUT2D eigenvalue weighted by molar-refractivity contribution is 6.17. The lowest BCUT2D eigenvalue weighted by Crippen LogP contribution is -2.18. The molecule has 1 saturated carbocycles. The Morgan fingerprint density at radius 1 is 1.24 bits per heavy atom. The van der Waals surface area contributed by atoms with Crippen LogP contribution in [-0.2, 0) is 5.88 Å². The Kier molecular flexibility index (Phi) is 3.21. The van der Waals surface area contributed by atoms with E-state index >= 15 is 0 Å². The summed E-state index contributed by atoms with van der Waals surface area (Å²) in [4.78, 5) is 9.27. The number of anilines is 1. The van der Waals surface area contributed by atoms with Crippen LogP contribution >= 0.6 is 11.6 Å². The van der Waals surface area contributed by atoms with Crippen LogP contribution in [0.4, 0.5) is 5.82 Å². The highest BCUT2D eigenvalue weighted by atomic mass is 35.5. The SMILES string of the molecule is Nc1nc2cc(-c3ccn[nH]3)ccc2c2c1nc(CCl)n2C1CCC1. The van der Waals surface area contributed by atoms with Crippen LogP contribution in [0.25, 0.3) is 33.2 Å². The molecule has 1 fully saturated rings. The second kappa shape index (κ2) is 5.46. The normalized spacial score (nSPS) is 15.1. The average Bonchev–Trinajstić information content (AvgIpc) is 3.21. The first-order valence-corrected chi connectivity index (χ1v) is 8.95. The van der Waals surface area contributed by atoms with Crippen molar-refractivity contribution in [3.63, 3.8) is 0 Å². The largest absolute Gasteiger partial charge is 0.382 e. The fourth-order valence-corrected chi connectivity index (χ4v) is 3.83. The summed E-state index contributed by atoms with van der Waals surface area (Å²) in [7, 11) is 0. The lowest BCUT2D eigenvalue weighted by Gasteiger charge is -2.29. The Morgan fingerprint density at radius 3 is 2.80 bits per heavy atom. The number of hydrogen-bond acceptors (Lipinski definition) is 4. The molecule has 0 amide bonds. The first kappa shape index (κ1) is 14.7. The number of imidazole rings is 1. The van der Waals surface area contributed by atoms with E-state index in [0.29, 0.717) is 17.7 Å². The molecule has 0 spiro atoms. The Bertz CT molecular complexity index is 1080. The maximum absolute atomic E-state index is 6.24. The van der Waals surface area contributed by atoms with Crippen LogP contribution in [0, 0.1) is 0 Å². The van der Waals surface area contributed by atoms with Crippen LogP contribution in [0.5, 0.6) is 0 Å². The molecule has 0 bridgehead atoms. The molecule has 3 aromatic heterocycles. The Balaban J connectivity index is 1.83. The van der Waals surface area contributed by atoms with Gasteiger partial charge in [0.05, 0.1) is 22.6 Å². The van der Waals surface area contributed by atoms with Gasteiger partial charge >= 0.3 is 0 Å². The molecule has 0 radical (unpaired) electrons. The zero-order valence-electron chi connectivity index (χ0n) is 13.5. The van der Waals surface area contributed by atoms with E-state index in [-0.39, 0.29) is 0 Å². The summed E-state index contributed by atoms with van der Waals surface area (Å²) in [5, 5.41) is 8.06. The quantitative estimate of drug-likeness (QED) is 0.545. The van der Waals surface area contributed by atoms with Crippen molar-refractivity contribution in [2.24, 2.45) is 0 Å². The number of halogens is 1. The number of aromatic amines is 1. The van der Waals surface area contributed by atoms with Gasteiger partial charge in [0.2, 0.25) is 0 Å². The number of pyridine rings is 1. The summed E-state index contributed by atoms with van der Waals surface area (Å²) in [6.07, 6.45) is 5.30. The van der Waals surface area contributed by atoms with Crippen molar-refractivity contribution in [1.29, 1.82) is 0 Å². The summed E-state index contributed by atoms with van der Waals surface area (Å²) >= 11 is 6.17. The summed E-state index contributed by atoms with van der Waals surface area (Å²) in [5.74, 6) is 1.70. The molecule has 3 heterocycles. The van der Waals surface area contributed by atoms with Gasteiger partial charge in [0.15, 0.2) is 5.82 Å². The number of nitrogen functional groups attached to an aromatic ring is 1. The molecular weight excluding hydrogens is 336 g/mol. The zero-order chi connectivity index (χ0) is 17.0. The van der Waals surface area contributed by atoms with E-state index in [1.807, 2.05) is 12.1 Å². The van der Waals surface area contributed by atoms with Crippen molar-refractivity contribution in [3.8, 4) is 11.3 Å². The van der Waals surface area contributed by atoms with Crippen molar-refractivity contribution in [1.82, 2.24) is 24.7 Å². The van der Waals surface area contributed by atoms with Crippen molar-refractivity contribution in [2.45, 2.75) is 31.2 Å². The van der Waals surface area contributed by atoms with E-state index in [9.17, 15) is 0 Å². The third kappa shape index (κ3) is 2.14. The molecule has 1 aromatic carbocycles. The fraction of sp³-hybridized carbons (Fsp3) is 0.278. The van der Waals surface area contributed by atoms with Crippen LogP contribution in [-0.4, -0.2) is 24.7 Å². The molecular formula is C18H17ClN6. The Morgan fingerprint density at radius 2 is 2.12 bits per heavy atom. The first-order chi connectivity index (χ1) is 12.3. The number of fused-ring (bicyclic) bond motifs is 3. The van der Waals surface area contributed by atoms with Crippen molar-refractivity contribution < 1.29 is 0 Å². The van der Waals surface area contributed by atoms with Crippen molar-refractivity contribution in [3.05, 3.63) is 36.3 Å². The molecule has 6 nitrogen and oxygen atoms in total. The van der Waals surface area contributed by atoms with E-state index in [4.69, 9.17) is 17.3 Å². The lowest BCUT2D eigenvalue weighted by atomic mass is 9.92. The van der Waals surface area contributed by atoms with Crippen LogP contribution in [0.3, 0.4) is 0 Å². The van der Waals surface area contributed by atoms with E-state index in [1.165, 1.54) is 6.42 Å². The van der Waals surface area contributed by atoms with Gasteiger partial charge in [-0.15, -0.1) is 11.6 Å². The highest BCUT2D eigenvalue weighted by Gasteiger charge is 2.26. The van der Waals surface area contributed by atoms with Gasteiger partial charge in [-0.3, -0.25) is 5.10 Å². The van der Waals surface area contributed by atoms with Crippen LogP contribution < -0.4 is 5.73 Å². The standard InChI is InChI=1S/C18H17ClN6/c19-9-15-23-16-17(25(15)11-2-1-3-11)12-5-4-10(13-6-7-21-24-13)8-14(12)22-18(16)20/h4-8,11H,1-3,9H2,(H2,20,22)(H,21,24). The minimum Gasteiger partial charge on any atom is -0.382 e. The third-order valence-electron chi connectivity index (χ3n) is 5.09. The molecule has 7 heteroatoms. The number of hydrogen-bond donors (Lipinski definition) is 2. The third-order valence-corrected chi connectivity index (χ3v) is 5.33. The molecule has 126 valence electrons. The summed E-state index contributed by atoms with van der Waals surface area (Å²) in [5.41, 5.74) is 10.9. The maximum Gasteiger partial charge on any atom is 0.152 e. The van der Waals surface area contributed by atoms with Gasteiger partial charge in [0.1, 0.15) is 11.3 Å². The van der Waals surface area contributed by atoms with Crippen LogP contribution in [0.1, 0.15) is 31.1 Å². The molecule has 0 atom stereocenters. The molecule has 1 aliphatic carbocycles. The predicted molar refractivity (Wildman–Crippen MR) is 99.5 cm³/mol. The molecule has 0 saturated heterocycles. The van der Waals surface area contributed by atoms with Gasteiger partial charge in [-0.05, 0) is 37.5 Å². The van der Waals surface area contributed by atoms with Crippen molar-refractivity contribution >= 4 is 39.4 Å². The average molecular weight is 353 g/mol. The smallest absolute Gasteiger partial charge is 0.152 e. The van der Waals surface area contributed by atoms with Gasteiger partial charge in [0, 0.05) is 23.2 Å². The summed E-state index contributed by atoms with van der Waals surface area (Å²) in [6, 6.07) is 8.60. The molecule has 3 N–H and O–H groups in total. The summed E-state index contributed by atoms with van der Waals surface area (Å²) in [6.45, 7) is 0. The number of nitrogens with two attached hydrogens (primary N) is 1. The second-order valence-electron chi connectivity index (χ2n) is 6.51. The molecule has 0 aliphatic heterocycles. The number of aromatic nitrogens is 5. The number of alkyl halides is 1. The molecule has 5 rings (SSSR count). The molecule has 0 unspecified atom stereocenters. The van der Waals surface area contributed by atoms with Gasteiger partial charge < -0.3 is 10.3 Å². The van der Waals surface area contributed by atoms with Gasteiger partial charge in [-0.25, -0.2) is 9.97 Å².